The van der Waals surface area contributed by atoms with Crippen molar-refractivity contribution >= 4 is 5.91 Å². The maximum absolute atomic E-state index is 12.7. The highest BCUT2D eigenvalue weighted by Crippen LogP contribution is 2.49. The highest BCUT2D eigenvalue weighted by molar-refractivity contribution is 5.92. The molecule has 1 aliphatic carbocycles. The van der Waals surface area contributed by atoms with E-state index in [4.69, 9.17) is 4.74 Å². The van der Waals surface area contributed by atoms with Gasteiger partial charge in [-0.1, -0.05) is 6.42 Å². The van der Waals surface area contributed by atoms with E-state index in [1.165, 1.54) is 6.42 Å². The molecule has 0 bridgehead atoms. The average molecular weight is 319 g/mol. The number of amides is 1. The number of aryl methyl sites for hydroxylation is 1. The van der Waals surface area contributed by atoms with Gasteiger partial charge in [-0.15, -0.1) is 0 Å². The van der Waals surface area contributed by atoms with Crippen molar-refractivity contribution in [2.24, 2.45) is 5.41 Å². The SMILES string of the molecule is O=C(N[C@@H]1C[C@@H](O)C12CCOCC2)c1cnc2n1CCCCC2. The molecule has 2 fully saturated rings. The van der Waals surface area contributed by atoms with E-state index in [0.717, 1.165) is 44.5 Å². The molecule has 4 rings (SSSR count). The summed E-state index contributed by atoms with van der Waals surface area (Å²) in [5, 5.41) is 13.4. The number of rotatable bonds is 2. The van der Waals surface area contributed by atoms with E-state index in [0.29, 0.717) is 25.3 Å². The maximum atomic E-state index is 12.7. The third-order valence-electron chi connectivity index (χ3n) is 6.00. The fourth-order valence-electron chi connectivity index (χ4n) is 4.41. The topological polar surface area (TPSA) is 76.4 Å². The van der Waals surface area contributed by atoms with Gasteiger partial charge in [0.2, 0.25) is 0 Å². The van der Waals surface area contributed by atoms with Crippen LogP contribution in [0.3, 0.4) is 0 Å². The fourth-order valence-corrected chi connectivity index (χ4v) is 4.41. The molecule has 1 saturated carbocycles. The molecule has 3 aliphatic rings. The third-order valence-corrected chi connectivity index (χ3v) is 6.00. The van der Waals surface area contributed by atoms with Gasteiger partial charge in [0, 0.05) is 37.6 Å². The number of nitrogens with one attached hydrogen (secondary N) is 1. The summed E-state index contributed by atoms with van der Waals surface area (Å²) in [6, 6.07) is 0.0471. The molecule has 126 valence electrons. The molecule has 0 unspecified atom stereocenters. The van der Waals surface area contributed by atoms with E-state index in [1.54, 1.807) is 6.20 Å². The van der Waals surface area contributed by atoms with Crippen molar-refractivity contribution in [3.63, 3.8) is 0 Å². The Kier molecular flexibility index (Phi) is 3.89. The highest BCUT2D eigenvalue weighted by Gasteiger charge is 2.55. The van der Waals surface area contributed by atoms with Gasteiger partial charge in [-0.3, -0.25) is 4.79 Å². The number of fused-ring (bicyclic) bond motifs is 1. The Morgan fingerprint density at radius 1 is 1.35 bits per heavy atom. The Morgan fingerprint density at radius 3 is 2.96 bits per heavy atom. The lowest BCUT2D eigenvalue weighted by atomic mass is 9.58. The number of hydrogen-bond donors (Lipinski definition) is 2. The zero-order valence-electron chi connectivity index (χ0n) is 13.5. The monoisotopic (exact) mass is 319 g/mol. The van der Waals surface area contributed by atoms with Crippen LogP contribution in [0.4, 0.5) is 0 Å². The number of nitrogens with zero attached hydrogens (tertiary/aromatic N) is 2. The van der Waals surface area contributed by atoms with Crippen LogP contribution in [0.25, 0.3) is 0 Å². The molecule has 1 aromatic rings. The van der Waals surface area contributed by atoms with Gasteiger partial charge >= 0.3 is 0 Å². The molecule has 0 aromatic carbocycles. The van der Waals surface area contributed by atoms with Crippen molar-refractivity contribution in [1.82, 2.24) is 14.9 Å². The molecule has 2 aliphatic heterocycles. The van der Waals surface area contributed by atoms with Gasteiger partial charge in [0.15, 0.2) is 0 Å². The first-order valence-corrected chi connectivity index (χ1v) is 8.82. The number of aliphatic hydroxyl groups excluding tert-OH is 1. The van der Waals surface area contributed by atoms with Crippen molar-refractivity contribution in [3.05, 3.63) is 17.7 Å². The first-order valence-electron chi connectivity index (χ1n) is 8.82. The van der Waals surface area contributed by atoms with Crippen LogP contribution < -0.4 is 5.32 Å². The number of aromatic nitrogens is 2. The number of ether oxygens (including phenoxy) is 1. The number of aliphatic hydroxyl groups is 1. The minimum absolute atomic E-state index is 0.0471. The predicted molar refractivity (Wildman–Crippen MR) is 84.1 cm³/mol. The summed E-state index contributed by atoms with van der Waals surface area (Å²) in [7, 11) is 0. The highest BCUT2D eigenvalue weighted by atomic mass is 16.5. The molecule has 0 radical (unpaired) electrons. The third kappa shape index (κ3) is 2.48. The molecule has 1 saturated heterocycles. The summed E-state index contributed by atoms with van der Waals surface area (Å²) in [6.45, 7) is 2.22. The van der Waals surface area contributed by atoms with Gasteiger partial charge in [-0.05, 0) is 32.1 Å². The summed E-state index contributed by atoms with van der Waals surface area (Å²) in [5.41, 5.74) is 0.487. The van der Waals surface area contributed by atoms with E-state index < -0.39 is 0 Å². The summed E-state index contributed by atoms with van der Waals surface area (Å²) < 4.78 is 7.50. The van der Waals surface area contributed by atoms with Gasteiger partial charge in [-0.2, -0.15) is 0 Å². The van der Waals surface area contributed by atoms with Crippen molar-refractivity contribution in [1.29, 1.82) is 0 Å². The van der Waals surface area contributed by atoms with Crippen molar-refractivity contribution < 1.29 is 14.6 Å². The van der Waals surface area contributed by atoms with E-state index in [-0.39, 0.29) is 23.5 Å². The normalized spacial score (nSPS) is 29.4. The van der Waals surface area contributed by atoms with Crippen LogP contribution >= 0.6 is 0 Å². The van der Waals surface area contributed by atoms with E-state index in [9.17, 15) is 9.90 Å². The van der Waals surface area contributed by atoms with Crippen LogP contribution in [0, 0.1) is 5.41 Å². The molecule has 2 atom stereocenters. The second kappa shape index (κ2) is 5.91. The second-order valence-electron chi connectivity index (χ2n) is 7.15. The first kappa shape index (κ1) is 15.1. The predicted octanol–water partition coefficient (Wildman–Crippen LogP) is 1.27. The molecule has 3 heterocycles. The number of imidazole rings is 1. The van der Waals surface area contributed by atoms with Crippen LogP contribution in [0.2, 0.25) is 0 Å². The Hall–Kier alpha value is -1.40. The van der Waals surface area contributed by atoms with Gasteiger partial charge in [0.05, 0.1) is 12.3 Å². The molecular formula is C17H25N3O3. The van der Waals surface area contributed by atoms with E-state index >= 15 is 0 Å². The first-order chi connectivity index (χ1) is 11.2. The molecular weight excluding hydrogens is 294 g/mol. The lowest BCUT2D eigenvalue weighted by molar-refractivity contribution is -0.145. The number of carbonyl (C=O) groups is 1. The minimum atomic E-state index is -0.320. The van der Waals surface area contributed by atoms with Crippen LogP contribution in [0.5, 0.6) is 0 Å². The average Bonchev–Trinajstić information content (AvgIpc) is 2.84. The van der Waals surface area contributed by atoms with Crippen molar-refractivity contribution in [2.75, 3.05) is 13.2 Å². The molecule has 1 amide bonds. The van der Waals surface area contributed by atoms with Gasteiger partial charge in [0.1, 0.15) is 11.5 Å². The standard InChI is InChI=1S/C17H25N3O3/c21-14-10-13(17(14)5-8-23-9-6-17)19-16(22)12-11-18-15-4-2-1-3-7-20(12)15/h11,13-14,21H,1-10H2,(H,19,22)/t13-,14-/m1/s1. The lowest BCUT2D eigenvalue weighted by Gasteiger charge is -2.55. The Bertz CT molecular complexity index is 592. The summed E-state index contributed by atoms with van der Waals surface area (Å²) in [5.74, 6) is 0.982. The van der Waals surface area contributed by atoms with E-state index in [1.807, 2.05) is 0 Å². The number of carbonyl (C=O) groups excluding carboxylic acids is 1. The second-order valence-corrected chi connectivity index (χ2v) is 7.15. The Labute approximate surface area is 136 Å². The largest absolute Gasteiger partial charge is 0.392 e. The summed E-state index contributed by atoms with van der Waals surface area (Å²) >= 11 is 0. The molecule has 6 heteroatoms. The molecule has 1 spiro atoms. The van der Waals surface area contributed by atoms with Crippen molar-refractivity contribution in [3.8, 4) is 0 Å². The number of hydrogen-bond acceptors (Lipinski definition) is 4. The van der Waals surface area contributed by atoms with Gasteiger partial charge < -0.3 is 19.7 Å². The van der Waals surface area contributed by atoms with Gasteiger partial charge in [-0.25, -0.2) is 4.98 Å². The van der Waals surface area contributed by atoms with Gasteiger partial charge in [0.25, 0.3) is 5.91 Å². The molecule has 1 aromatic heterocycles. The summed E-state index contributed by atoms with van der Waals surface area (Å²) in [6.07, 6.45) is 8.09. The van der Waals surface area contributed by atoms with Crippen LogP contribution in [-0.2, 0) is 17.7 Å². The fraction of sp³-hybridized carbons (Fsp3) is 0.765. The lowest BCUT2D eigenvalue weighted by Crippen LogP contribution is -2.65. The van der Waals surface area contributed by atoms with Crippen molar-refractivity contribution in [2.45, 2.75) is 63.6 Å². The van der Waals surface area contributed by atoms with Crippen LogP contribution in [-0.4, -0.2) is 45.9 Å². The quantitative estimate of drug-likeness (QED) is 0.861. The maximum Gasteiger partial charge on any atom is 0.269 e. The Balaban J connectivity index is 1.49. The molecule has 6 nitrogen and oxygen atoms in total. The molecule has 2 N–H and O–H groups in total. The zero-order chi connectivity index (χ0) is 15.9. The smallest absolute Gasteiger partial charge is 0.269 e. The Morgan fingerprint density at radius 2 is 2.17 bits per heavy atom. The van der Waals surface area contributed by atoms with Crippen LogP contribution in [0.15, 0.2) is 6.20 Å². The zero-order valence-corrected chi connectivity index (χ0v) is 13.5. The summed E-state index contributed by atoms with van der Waals surface area (Å²) in [4.78, 5) is 17.2. The molecule has 23 heavy (non-hydrogen) atoms. The minimum Gasteiger partial charge on any atom is -0.392 e. The van der Waals surface area contributed by atoms with Crippen LogP contribution in [0.1, 0.15) is 54.8 Å². The van der Waals surface area contributed by atoms with E-state index in [2.05, 4.69) is 14.9 Å².